The predicted octanol–water partition coefficient (Wildman–Crippen LogP) is 9.13. The van der Waals surface area contributed by atoms with Crippen LogP contribution in [0, 0.1) is 0 Å². The lowest BCUT2D eigenvalue weighted by molar-refractivity contribution is 1.09. The van der Waals surface area contributed by atoms with E-state index < -0.39 is 0 Å². The zero-order chi connectivity index (χ0) is 26.2. The van der Waals surface area contributed by atoms with Crippen molar-refractivity contribution >= 4 is 33.2 Å². The summed E-state index contributed by atoms with van der Waals surface area (Å²) >= 11 is 0. The Hall–Kier alpha value is -5.12. The van der Waals surface area contributed by atoms with Crippen molar-refractivity contribution in [3.05, 3.63) is 152 Å². The van der Waals surface area contributed by atoms with Crippen LogP contribution in [-0.4, -0.2) is 4.57 Å². The highest BCUT2D eigenvalue weighted by atomic mass is 15.4. The summed E-state index contributed by atoms with van der Waals surface area (Å²) in [6.45, 7) is 0. The highest BCUT2D eigenvalue weighted by molar-refractivity contribution is 6.10. The lowest BCUT2D eigenvalue weighted by Gasteiger charge is -2.19. The minimum atomic E-state index is 0.938. The van der Waals surface area contributed by atoms with E-state index in [0.29, 0.717) is 0 Å². The molecule has 6 aromatic carbocycles. The molecule has 0 fully saturated rings. The SMILES string of the molecule is NN(c1ccc(-c2ccccc2)cc1)c1ccc(-c2ccc3c(c2)c2ccccc2n3-c2ccccc2)cc1. The van der Waals surface area contributed by atoms with Gasteiger partial charge in [0.05, 0.1) is 22.4 Å². The number of benzene rings is 6. The van der Waals surface area contributed by atoms with Crippen LogP contribution in [0.3, 0.4) is 0 Å². The quantitative estimate of drug-likeness (QED) is 0.188. The van der Waals surface area contributed by atoms with Gasteiger partial charge in [-0.1, -0.05) is 97.1 Å². The first kappa shape index (κ1) is 23.0. The predicted molar refractivity (Wildman–Crippen MR) is 164 cm³/mol. The van der Waals surface area contributed by atoms with Crippen LogP contribution in [0.4, 0.5) is 11.4 Å². The lowest BCUT2D eigenvalue weighted by atomic mass is 10.0. The van der Waals surface area contributed by atoms with E-state index in [4.69, 9.17) is 5.84 Å². The van der Waals surface area contributed by atoms with Crippen LogP contribution >= 0.6 is 0 Å². The molecule has 0 aliphatic carbocycles. The normalized spacial score (nSPS) is 11.2. The number of nitrogens with two attached hydrogens (primary N) is 1. The number of fused-ring (bicyclic) bond motifs is 3. The number of anilines is 2. The molecule has 39 heavy (non-hydrogen) atoms. The minimum Gasteiger partial charge on any atom is -0.309 e. The van der Waals surface area contributed by atoms with E-state index in [0.717, 1.165) is 16.9 Å². The summed E-state index contributed by atoms with van der Waals surface area (Å²) in [5, 5.41) is 4.23. The maximum Gasteiger partial charge on any atom is 0.0575 e. The number of hydrogen-bond donors (Lipinski definition) is 1. The Morgan fingerprint density at radius 1 is 0.410 bits per heavy atom. The first-order valence-electron chi connectivity index (χ1n) is 13.2. The van der Waals surface area contributed by atoms with Crippen molar-refractivity contribution in [2.24, 2.45) is 5.84 Å². The van der Waals surface area contributed by atoms with Crippen molar-refractivity contribution in [3.8, 4) is 27.9 Å². The first-order chi connectivity index (χ1) is 19.3. The van der Waals surface area contributed by atoms with Crippen LogP contribution in [0.15, 0.2) is 152 Å². The van der Waals surface area contributed by atoms with Crippen molar-refractivity contribution in [1.29, 1.82) is 0 Å². The van der Waals surface area contributed by atoms with E-state index in [9.17, 15) is 0 Å². The van der Waals surface area contributed by atoms with Gasteiger partial charge in [-0.15, -0.1) is 0 Å². The smallest absolute Gasteiger partial charge is 0.0575 e. The van der Waals surface area contributed by atoms with E-state index in [1.54, 1.807) is 5.01 Å². The molecule has 0 saturated heterocycles. The molecule has 186 valence electrons. The fourth-order valence-corrected chi connectivity index (χ4v) is 5.42. The maximum atomic E-state index is 6.52. The van der Waals surface area contributed by atoms with Gasteiger partial charge in [-0.25, -0.2) is 5.84 Å². The fraction of sp³-hybridized carbons (Fsp3) is 0. The van der Waals surface area contributed by atoms with Crippen molar-refractivity contribution in [1.82, 2.24) is 4.57 Å². The van der Waals surface area contributed by atoms with Gasteiger partial charge in [0.2, 0.25) is 0 Å². The molecule has 1 heterocycles. The van der Waals surface area contributed by atoms with Crippen molar-refractivity contribution < 1.29 is 0 Å². The van der Waals surface area contributed by atoms with E-state index >= 15 is 0 Å². The number of nitrogens with zero attached hydrogens (tertiary/aromatic N) is 2. The molecular formula is C36H27N3. The number of rotatable bonds is 5. The zero-order valence-corrected chi connectivity index (χ0v) is 21.4. The van der Waals surface area contributed by atoms with Crippen LogP contribution in [0.25, 0.3) is 49.7 Å². The van der Waals surface area contributed by atoms with Gasteiger partial charge < -0.3 is 4.57 Å². The number of para-hydroxylation sites is 2. The molecule has 0 atom stereocenters. The molecular weight excluding hydrogens is 474 g/mol. The highest BCUT2D eigenvalue weighted by Crippen LogP contribution is 2.35. The summed E-state index contributed by atoms with van der Waals surface area (Å²) < 4.78 is 2.34. The molecule has 0 aliphatic heterocycles. The molecule has 0 aliphatic rings. The average Bonchev–Trinajstić information content (AvgIpc) is 3.35. The largest absolute Gasteiger partial charge is 0.309 e. The van der Waals surface area contributed by atoms with Gasteiger partial charge in [0.25, 0.3) is 0 Å². The van der Waals surface area contributed by atoms with Crippen LogP contribution in [0.2, 0.25) is 0 Å². The Bertz CT molecular complexity index is 1890. The molecule has 0 saturated carbocycles. The Kier molecular flexibility index (Phi) is 5.69. The van der Waals surface area contributed by atoms with Crippen LogP contribution in [0.1, 0.15) is 0 Å². The Balaban J connectivity index is 1.21. The van der Waals surface area contributed by atoms with Crippen molar-refractivity contribution in [2.45, 2.75) is 0 Å². The summed E-state index contributed by atoms with van der Waals surface area (Å²) in [6, 6.07) is 53.1. The van der Waals surface area contributed by atoms with E-state index in [-0.39, 0.29) is 0 Å². The Morgan fingerprint density at radius 3 is 1.56 bits per heavy atom. The van der Waals surface area contributed by atoms with E-state index in [1.807, 2.05) is 6.07 Å². The summed E-state index contributed by atoms with van der Waals surface area (Å²) in [7, 11) is 0. The average molecular weight is 502 g/mol. The third-order valence-corrected chi connectivity index (χ3v) is 7.42. The molecule has 3 heteroatoms. The van der Waals surface area contributed by atoms with Gasteiger partial charge in [0, 0.05) is 16.5 Å². The molecule has 7 aromatic rings. The second kappa shape index (κ2) is 9.64. The number of hydrogen-bond acceptors (Lipinski definition) is 2. The van der Waals surface area contributed by atoms with E-state index in [2.05, 4.69) is 150 Å². The third kappa shape index (κ3) is 4.15. The standard InChI is InChI=1S/C36H27N3/c37-39(31-20-15-27(16-21-31)26-9-3-1-4-10-26)32-22-17-28(18-23-32)29-19-24-36-34(25-29)33-13-7-8-14-35(33)38(36)30-11-5-2-6-12-30/h1-25H,37H2. The van der Waals surface area contributed by atoms with Crippen molar-refractivity contribution in [3.63, 3.8) is 0 Å². The third-order valence-electron chi connectivity index (χ3n) is 7.42. The summed E-state index contributed by atoms with van der Waals surface area (Å²) in [5.41, 5.74) is 10.2. The summed E-state index contributed by atoms with van der Waals surface area (Å²) in [4.78, 5) is 0. The monoisotopic (exact) mass is 501 g/mol. The van der Waals surface area contributed by atoms with Gasteiger partial charge in [-0.3, -0.25) is 5.01 Å². The van der Waals surface area contributed by atoms with Gasteiger partial charge in [0.1, 0.15) is 0 Å². The van der Waals surface area contributed by atoms with Gasteiger partial charge in [0.15, 0.2) is 0 Å². The first-order valence-corrected chi connectivity index (χ1v) is 13.2. The summed E-state index contributed by atoms with van der Waals surface area (Å²) in [6.07, 6.45) is 0. The topological polar surface area (TPSA) is 34.2 Å². The van der Waals surface area contributed by atoms with Gasteiger partial charge >= 0.3 is 0 Å². The zero-order valence-electron chi connectivity index (χ0n) is 21.4. The second-order valence-electron chi connectivity index (χ2n) is 9.75. The molecule has 0 bridgehead atoms. The maximum absolute atomic E-state index is 6.52. The lowest BCUT2D eigenvalue weighted by Crippen LogP contribution is -2.24. The van der Waals surface area contributed by atoms with E-state index in [1.165, 1.54) is 44.2 Å². The minimum absolute atomic E-state index is 0.938. The summed E-state index contributed by atoms with van der Waals surface area (Å²) in [5.74, 6) is 6.52. The van der Waals surface area contributed by atoms with Gasteiger partial charge in [-0.2, -0.15) is 0 Å². The molecule has 0 unspecified atom stereocenters. The fourth-order valence-electron chi connectivity index (χ4n) is 5.42. The number of aromatic nitrogens is 1. The molecule has 0 amide bonds. The molecule has 3 nitrogen and oxygen atoms in total. The van der Waals surface area contributed by atoms with Crippen LogP contribution in [0.5, 0.6) is 0 Å². The number of hydrazine groups is 1. The van der Waals surface area contributed by atoms with Crippen LogP contribution in [-0.2, 0) is 0 Å². The van der Waals surface area contributed by atoms with Crippen molar-refractivity contribution in [2.75, 3.05) is 5.01 Å². The van der Waals surface area contributed by atoms with Gasteiger partial charge in [-0.05, 0) is 76.9 Å². The Labute approximate surface area is 228 Å². The molecule has 1 aromatic heterocycles. The Morgan fingerprint density at radius 2 is 0.897 bits per heavy atom. The van der Waals surface area contributed by atoms with Crippen LogP contribution < -0.4 is 10.9 Å². The highest BCUT2D eigenvalue weighted by Gasteiger charge is 2.13. The molecule has 0 spiro atoms. The molecule has 7 rings (SSSR count). The molecule has 0 radical (unpaired) electrons. The second-order valence-corrected chi connectivity index (χ2v) is 9.75. The molecule has 2 N–H and O–H groups in total.